The Labute approximate surface area is 219 Å². The number of amides is 1. The van der Waals surface area contributed by atoms with Gasteiger partial charge in [-0.25, -0.2) is 4.39 Å². The first kappa shape index (κ1) is 27.1. The lowest BCUT2D eigenvalue weighted by atomic mass is 9.87. The van der Waals surface area contributed by atoms with Crippen LogP contribution in [0.3, 0.4) is 0 Å². The summed E-state index contributed by atoms with van der Waals surface area (Å²) in [6.45, 7) is 8.72. The first-order valence-electron chi connectivity index (χ1n) is 12.7. The maximum Gasteiger partial charge on any atom is 0.189 e. The Morgan fingerprint density at radius 3 is 2.62 bits per heavy atom. The fourth-order valence-electron chi connectivity index (χ4n) is 4.59. The van der Waals surface area contributed by atoms with E-state index in [0.29, 0.717) is 26.2 Å². The lowest BCUT2D eigenvalue weighted by Gasteiger charge is -2.40. The molecule has 2 unspecified atom stereocenters. The van der Waals surface area contributed by atoms with E-state index in [9.17, 15) is 14.3 Å². The van der Waals surface area contributed by atoms with Crippen molar-refractivity contribution in [3.05, 3.63) is 77.6 Å². The summed E-state index contributed by atoms with van der Waals surface area (Å²) in [5, 5.41) is 13.5. The number of carbonyl (C=O) groups excluding carboxylic acids is 1. The second kappa shape index (κ2) is 12.1. The minimum Gasteiger partial charge on any atom is -0.530 e. The number of rotatable bonds is 10. The van der Waals surface area contributed by atoms with Gasteiger partial charge in [-0.2, -0.15) is 0 Å². The first-order valence-corrected chi connectivity index (χ1v) is 16.5. The van der Waals surface area contributed by atoms with E-state index in [1.165, 1.54) is 17.0 Å². The van der Waals surface area contributed by atoms with E-state index in [4.69, 9.17) is 14.2 Å². The predicted octanol–water partition coefficient (Wildman–Crippen LogP) is 5.39. The van der Waals surface area contributed by atoms with Crippen molar-refractivity contribution in [1.82, 2.24) is 4.90 Å². The second-order valence-electron chi connectivity index (χ2n) is 10.8. The van der Waals surface area contributed by atoms with E-state index in [1.54, 1.807) is 12.1 Å². The highest BCUT2D eigenvalue weighted by Crippen LogP contribution is 2.32. The molecular formula is C29H35FNO5Si-. The molecule has 2 atom stereocenters. The Hall–Kier alpha value is -2.94. The van der Waals surface area contributed by atoms with Crippen LogP contribution in [0.25, 0.3) is 10.8 Å². The van der Waals surface area contributed by atoms with Crippen molar-refractivity contribution in [3.8, 4) is 5.75 Å². The van der Waals surface area contributed by atoms with Crippen LogP contribution in [0.4, 0.5) is 9.18 Å². The summed E-state index contributed by atoms with van der Waals surface area (Å²) in [4.78, 5) is 12.8. The molecule has 0 bridgehead atoms. The number of carboxylic acid groups (broad SMARTS) is 1. The third-order valence-electron chi connectivity index (χ3n) is 6.78. The molecule has 1 aliphatic heterocycles. The van der Waals surface area contributed by atoms with Gasteiger partial charge >= 0.3 is 0 Å². The molecule has 1 aliphatic rings. The number of ether oxygens (including phenoxy) is 3. The molecule has 198 valence electrons. The molecule has 3 aromatic rings. The van der Waals surface area contributed by atoms with Crippen LogP contribution in [0.5, 0.6) is 5.75 Å². The molecule has 1 fully saturated rings. The Kier molecular flexibility index (Phi) is 8.84. The Bertz CT molecular complexity index is 1200. The van der Waals surface area contributed by atoms with Crippen molar-refractivity contribution in [3.63, 3.8) is 0 Å². The largest absolute Gasteiger partial charge is 0.530 e. The average Bonchev–Trinajstić information content (AvgIpc) is 2.87. The van der Waals surface area contributed by atoms with Gasteiger partial charge in [0, 0.05) is 39.1 Å². The van der Waals surface area contributed by atoms with E-state index in [1.807, 2.05) is 36.4 Å². The van der Waals surface area contributed by atoms with E-state index in [-0.39, 0.29) is 31.2 Å². The van der Waals surface area contributed by atoms with Gasteiger partial charge in [0.05, 0.1) is 12.7 Å². The molecule has 0 spiro atoms. The minimum atomic E-state index is -1.20. The van der Waals surface area contributed by atoms with Gasteiger partial charge in [0.15, 0.2) is 6.79 Å². The zero-order valence-electron chi connectivity index (χ0n) is 21.7. The summed E-state index contributed by atoms with van der Waals surface area (Å²) >= 11 is 0. The molecule has 0 aromatic heterocycles. The second-order valence-corrected chi connectivity index (χ2v) is 16.4. The maximum atomic E-state index is 13.5. The van der Waals surface area contributed by atoms with Crippen molar-refractivity contribution in [2.24, 2.45) is 0 Å². The highest BCUT2D eigenvalue weighted by Gasteiger charge is 2.31. The monoisotopic (exact) mass is 524 g/mol. The Balaban J connectivity index is 1.44. The van der Waals surface area contributed by atoms with Gasteiger partial charge in [0.25, 0.3) is 0 Å². The number of hydrogen-bond acceptors (Lipinski definition) is 5. The van der Waals surface area contributed by atoms with Crippen LogP contribution in [0, 0.1) is 5.82 Å². The van der Waals surface area contributed by atoms with Gasteiger partial charge in [0.2, 0.25) is 0 Å². The van der Waals surface area contributed by atoms with Gasteiger partial charge < -0.3 is 29.0 Å². The smallest absolute Gasteiger partial charge is 0.189 e. The average molecular weight is 525 g/mol. The van der Waals surface area contributed by atoms with Gasteiger partial charge in [-0.1, -0.05) is 56.0 Å². The molecule has 0 saturated carbocycles. The number of halogens is 1. The zero-order valence-corrected chi connectivity index (χ0v) is 22.7. The topological polar surface area (TPSA) is 71.1 Å². The lowest BCUT2D eigenvalue weighted by Crippen LogP contribution is -2.51. The Morgan fingerprint density at radius 2 is 1.89 bits per heavy atom. The molecule has 4 rings (SSSR count). The number of hydrogen-bond donors (Lipinski definition) is 0. The number of benzene rings is 3. The van der Waals surface area contributed by atoms with Gasteiger partial charge in [-0.05, 0) is 53.2 Å². The number of carbonyl (C=O) groups is 1. The summed E-state index contributed by atoms with van der Waals surface area (Å²) < 4.78 is 31.4. The quantitative estimate of drug-likeness (QED) is 0.202. The zero-order chi connectivity index (χ0) is 26.4. The minimum absolute atomic E-state index is 0.0381. The fraction of sp³-hybridized carbons (Fsp3) is 0.414. The molecule has 1 heterocycles. The molecule has 8 heteroatoms. The van der Waals surface area contributed by atoms with Gasteiger partial charge in [-0.15, -0.1) is 0 Å². The lowest BCUT2D eigenvalue weighted by molar-refractivity contribution is -0.268. The third-order valence-corrected chi connectivity index (χ3v) is 8.48. The predicted molar refractivity (Wildman–Crippen MR) is 143 cm³/mol. The molecule has 0 aliphatic carbocycles. The van der Waals surface area contributed by atoms with E-state index in [2.05, 4.69) is 19.6 Å². The van der Waals surface area contributed by atoms with Crippen LogP contribution in [-0.2, 0) is 16.1 Å². The normalized spacial score (nSPS) is 18.2. The van der Waals surface area contributed by atoms with Crippen LogP contribution >= 0.6 is 0 Å². The maximum absolute atomic E-state index is 13.5. The number of likely N-dealkylation sites (tertiary alicyclic amines) is 1. The first-order chi connectivity index (χ1) is 17.7. The summed E-state index contributed by atoms with van der Waals surface area (Å²) in [5.41, 5.74) is 1.89. The SMILES string of the molecule is C[Si](C)(C)CCOCOc1cccc2ccc(COC3CN(C(=O)[O-])CCC3c3ccc(F)cc3)cc12. The number of fused-ring (bicyclic) bond motifs is 1. The summed E-state index contributed by atoms with van der Waals surface area (Å²) in [6.07, 6.45) is -0.998. The van der Waals surface area contributed by atoms with Crippen molar-refractivity contribution in [2.75, 3.05) is 26.5 Å². The molecule has 1 saturated heterocycles. The number of nitrogens with zero attached hydrogens (tertiary/aromatic N) is 1. The van der Waals surface area contributed by atoms with Crippen molar-refractivity contribution in [1.29, 1.82) is 0 Å². The molecule has 1 amide bonds. The molecule has 3 aromatic carbocycles. The van der Waals surface area contributed by atoms with Crippen LogP contribution in [0.2, 0.25) is 25.7 Å². The number of piperidine rings is 1. The van der Waals surface area contributed by atoms with Gasteiger partial charge in [0.1, 0.15) is 17.7 Å². The van der Waals surface area contributed by atoms with Crippen LogP contribution < -0.4 is 9.84 Å². The highest BCUT2D eigenvalue weighted by atomic mass is 28.3. The third kappa shape index (κ3) is 7.53. The summed E-state index contributed by atoms with van der Waals surface area (Å²) in [7, 11) is -1.15. The fourth-order valence-corrected chi connectivity index (χ4v) is 5.35. The Morgan fingerprint density at radius 1 is 1.11 bits per heavy atom. The highest BCUT2D eigenvalue weighted by molar-refractivity contribution is 6.76. The standard InChI is InChI=1S/C29H36FNO5Si/c1-37(2,3)16-15-34-20-36-27-6-4-5-22-8-7-21(17-26(22)27)19-35-28-18-31(29(32)33)14-13-25(28)23-9-11-24(30)12-10-23/h4-12,17,25,28H,13-16,18-20H2,1-3H3,(H,32,33)/p-1. The summed E-state index contributed by atoms with van der Waals surface area (Å²) in [6, 6.07) is 19.4. The van der Waals surface area contributed by atoms with Crippen molar-refractivity contribution in [2.45, 2.75) is 50.7 Å². The van der Waals surface area contributed by atoms with E-state index < -0.39 is 14.2 Å². The van der Waals surface area contributed by atoms with Crippen LogP contribution in [0.1, 0.15) is 23.5 Å². The van der Waals surface area contributed by atoms with Crippen LogP contribution in [0.15, 0.2) is 60.7 Å². The summed E-state index contributed by atoms with van der Waals surface area (Å²) in [5.74, 6) is 0.408. The molecule has 6 nitrogen and oxygen atoms in total. The molecule has 37 heavy (non-hydrogen) atoms. The van der Waals surface area contributed by atoms with E-state index in [0.717, 1.165) is 33.7 Å². The molecular weight excluding hydrogens is 489 g/mol. The van der Waals surface area contributed by atoms with Crippen molar-refractivity contribution < 1.29 is 28.5 Å². The van der Waals surface area contributed by atoms with E-state index >= 15 is 0 Å². The molecule has 0 radical (unpaired) electrons. The van der Waals surface area contributed by atoms with Gasteiger partial charge in [-0.3, -0.25) is 0 Å². The van der Waals surface area contributed by atoms with Crippen LogP contribution in [-0.4, -0.2) is 51.7 Å². The molecule has 0 N–H and O–H groups in total. The van der Waals surface area contributed by atoms with Crippen molar-refractivity contribution >= 4 is 24.9 Å².